The third-order valence-corrected chi connectivity index (χ3v) is 2.49. The zero-order valence-corrected chi connectivity index (χ0v) is 7.81. The van der Waals surface area contributed by atoms with Crippen molar-refractivity contribution in [3.8, 4) is 0 Å². The molecule has 2 atom stereocenters. The maximum absolute atomic E-state index is 11.2. The van der Waals surface area contributed by atoms with Crippen LogP contribution in [0.5, 0.6) is 0 Å². The first kappa shape index (κ1) is 9.15. The first-order chi connectivity index (χ1) is 6.77. The zero-order chi connectivity index (χ0) is 9.97. The number of nitrogens with one attached hydrogen (secondary N) is 1. The lowest BCUT2D eigenvalue weighted by atomic mass is 9.94. The van der Waals surface area contributed by atoms with E-state index in [-0.39, 0.29) is 18.0 Å². The van der Waals surface area contributed by atoms with Gasteiger partial charge in [-0.05, 0) is 18.1 Å². The number of nitrogens with zero attached hydrogens (tertiary/aromatic N) is 1. The molecular weight excluding hydrogens is 178 g/mol. The maximum atomic E-state index is 11.2. The van der Waals surface area contributed by atoms with E-state index >= 15 is 0 Å². The Kier molecular flexibility index (Phi) is 2.45. The molecule has 2 heterocycles. The molecule has 0 saturated carbocycles. The van der Waals surface area contributed by atoms with Crippen LogP contribution in [0.15, 0.2) is 24.5 Å². The van der Waals surface area contributed by atoms with E-state index in [0.717, 1.165) is 12.0 Å². The van der Waals surface area contributed by atoms with Gasteiger partial charge in [-0.2, -0.15) is 0 Å². The number of pyridine rings is 1. The molecule has 4 nitrogen and oxygen atoms in total. The van der Waals surface area contributed by atoms with E-state index in [9.17, 15) is 4.79 Å². The Morgan fingerprint density at radius 2 is 2.43 bits per heavy atom. The highest BCUT2D eigenvalue weighted by Gasteiger charge is 2.26. The minimum Gasteiger partial charge on any atom is -0.348 e. The summed E-state index contributed by atoms with van der Waals surface area (Å²) >= 11 is 0. The van der Waals surface area contributed by atoms with Gasteiger partial charge in [-0.15, -0.1) is 0 Å². The third kappa shape index (κ3) is 1.75. The molecule has 0 spiro atoms. The van der Waals surface area contributed by atoms with E-state index in [0.29, 0.717) is 6.42 Å². The number of hydrogen-bond donors (Lipinski definition) is 2. The summed E-state index contributed by atoms with van der Waals surface area (Å²) in [5.41, 5.74) is 6.91. The average Bonchev–Trinajstić information content (AvgIpc) is 2.23. The van der Waals surface area contributed by atoms with Crippen molar-refractivity contribution >= 4 is 5.91 Å². The van der Waals surface area contributed by atoms with Crippen LogP contribution >= 0.6 is 0 Å². The SMILES string of the molecule is NC1CCC(=O)NC1c1cccnc1. The minimum absolute atomic E-state index is 0.00287. The van der Waals surface area contributed by atoms with Crippen LogP contribution in [-0.2, 0) is 4.79 Å². The first-order valence-electron chi connectivity index (χ1n) is 4.72. The predicted octanol–water partition coefficient (Wildman–Crippen LogP) is 0.360. The van der Waals surface area contributed by atoms with Gasteiger partial charge < -0.3 is 11.1 Å². The van der Waals surface area contributed by atoms with Crippen molar-refractivity contribution in [2.45, 2.75) is 24.9 Å². The van der Waals surface area contributed by atoms with Crippen molar-refractivity contribution in [2.24, 2.45) is 5.73 Å². The molecule has 4 heteroatoms. The van der Waals surface area contributed by atoms with Gasteiger partial charge in [0.2, 0.25) is 5.91 Å². The van der Waals surface area contributed by atoms with Crippen LogP contribution < -0.4 is 11.1 Å². The fourth-order valence-electron chi connectivity index (χ4n) is 1.71. The number of amides is 1. The second-order valence-corrected chi connectivity index (χ2v) is 3.53. The Morgan fingerprint density at radius 1 is 1.57 bits per heavy atom. The van der Waals surface area contributed by atoms with Crippen molar-refractivity contribution in [2.75, 3.05) is 0 Å². The molecule has 3 N–H and O–H groups in total. The van der Waals surface area contributed by atoms with E-state index in [1.165, 1.54) is 0 Å². The van der Waals surface area contributed by atoms with E-state index in [1.807, 2.05) is 12.1 Å². The lowest BCUT2D eigenvalue weighted by molar-refractivity contribution is -0.123. The van der Waals surface area contributed by atoms with Gasteiger partial charge in [0, 0.05) is 24.9 Å². The second kappa shape index (κ2) is 3.75. The lowest BCUT2D eigenvalue weighted by Crippen LogP contribution is -2.45. The summed E-state index contributed by atoms with van der Waals surface area (Å²) in [6.45, 7) is 0. The molecule has 0 aromatic carbocycles. The van der Waals surface area contributed by atoms with Gasteiger partial charge in [-0.1, -0.05) is 6.07 Å². The fraction of sp³-hybridized carbons (Fsp3) is 0.400. The summed E-state index contributed by atoms with van der Waals surface area (Å²) in [5.74, 6) is 0.0700. The Balaban J connectivity index is 2.20. The quantitative estimate of drug-likeness (QED) is 0.673. The van der Waals surface area contributed by atoms with E-state index < -0.39 is 0 Å². The Bertz CT molecular complexity index is 325. The molecule has 1 aliphatic rings. The normalized spacial score (nSPS) is 27.1. The van der Waals surface area contributed by atoms with Gasteiger partial charge in [-0.25, -0.2) is 0 Å². The maximum Gasteiger partial charge on any atom is 0.220 e. The molecule has 14 heavy (non-hydrogen) atoms. The van der Waals surface area contributed by atoms with Gasteiger partial charge in [-0.3, -0.25) is 9.78 Å². The molecule has 1 aromatic heterocycles. The van der Waals surface area contributed by atoms with Crippen molar-refractivity contribution in [3.63, 3.8) is 0 Å². The van der Waals surface area contributed by atoms with E-state index in [2.05, 4.69) is 10.3 Å². The predicted molar refractivity (Wildman–Crippen MR) is 52.3 cm³/mol. The highest BCUT2D eigenvalue weighted by molar-refractivity contribution is 5.77. The van der Waals surface area contributed by atoms with Crippen LogP contribution in [0.2, 0.25) is 0 Å². The number of piperidine rings is 1. The number of carbonyl (C=O) groups is 1. The van der Waals surface area contributed by atoms with Crippen LogP contribution in [0.4, 0.5) is 0 Å². The first-order valence-corrected chi connectivity index (χ1v) is 4.72. The summed E-state index contributed by atoms with van der Waals surface area (Å²) < 4.78 is 0. The molecule has 0 aliphatic carbocycles. The highest BCUT2D eigenvalue weighted by Crippen LogP contribution is 2.21. The number of carbonyl (C=O) groups excluding carboxylic acids is 1. The van der Waals surface area contributed by atoms with Crippen LogP contribution in [0.25, 0.3) is 0 Å². The van der Waals surface area contributed by atoms with Gasteiger partial charge in [0.1, 0.15) is 0 Å². The summed E-state index contributed by atoms with van der Waals surface area (Å²) in [7, 11) is 0. The molecule has 1 saturated heterocycles. The Labute approximate surface area is 82.5 Å². The molecule has 1 amide bonds. The topological polar surface area (TPSA) is 68.0 Å². The van der Waals surface area contributed by atoms with E-state index in [4.69, 9.17) is 5.73 Å². The van der Waals surface area contributed by atoms with Crippen LogP contribution in [0.1, 0.15) is 24.4 Å². The van der Waals surface area contributed by atoms with Gasteiger partial charge in [0.15, 0.2) is 0 Å². The lowest BCUT2D eigenvalue weighted by Gasteiger charge is -2.29. The molecule has 2 rings (SSSR count). The number of hydrogen-bond acceptors (Lipinski definition) is 3. The highest BCUT2D eigenvalue weighted by atomic mass is 16.1. The van der Waals surface area contributed by atoms with Gasteiger partial charge in [0.05, 0.1) is 6.04 Å². The summed E-state index contributed by atoms with van der Waals surface area (Å²) in [6, 6.07) is 3.70. The summed E-state index contributed by atoms with van der Waals surface area (Å²) in [5, 5.41) is 2.88. The monoisotopic (exact) mass is 191 g/mol. The van der Waals surface area contributed by atoms with Crippen LogP contribution in [0, 0.1) is 0 Å². The molecule has 0 radical (unpaired) electrons. The number of aromatic nitrogens is 1. The smallest absolute Gasteiger partial charge is 0.220 e. The molecule has 2 unspecified atom stereocenters. The molecule has 1 fully saturated rings. The Morgan fingerprint density at radius 3 is 3.14 bits per heavy atom. The Hall–Kier alpha value is -1.42. The summed E-state index contributed by atoms with van der Waals surface area (Å²) in [4.78, 5) is 15.2. The second-order valence-electron chi connectivity index (χ2n) is 3.53. The molecule has 0 bridgehead atoms. The van der Waals surface area contributed by atoms with Crippen molar-refractivity contribution in [1.82, 2.24) is 10.3 Å². The molecular formula is C10H13N3O. The van der Waals surface area contributed by atoms with Crippen LogP contribution in [-0.4, -0.2) is 16.9 Å². The fourth-order valence-corrected chi connectivity index (χ4v) is 1.71. The third-order valence-electron chi connectivity index (χ3n) is 2.49. The van der Waals surface area contributed by atoms with Gasteiger partial charge >= 0.3 is 0 Å². The minimum atomic E-state index is -0.0788. The summed E-state index contributed by atoms with van der Waals surface area (Å²) in [6.07, 6.45) is 4.72. The molecule has 74 valence electrons. The zero-order valence-electron chi connectivity index (χ0n) is 7.81. The number of nitrogens with two attached hydrogens (primary N) is 1. The molecule has 1 aromatic rings. The molecule has 1 aliphatic heterocycles. The number of rotatable bonds is 1. The average molecular weight is 191 g/mol. The standard InChI is InChI=1S/C10H13N3O/c11-8-3-4-9(14)13-10(8)7-2-1-5-12-6-7/h1-2,5-6,8,10H,3-4,11H2,(H,13,14). The van der Waals surface area contributed by atoms with Crippen LogP contribution in [0.3, 0.4) is 0 Å². The van der Waals surface area contributed by atoms with Gasteiger partial charge in [0.25, 0.3) is 0 Å². The van der Waals surface area contributed by atoms with E-state index in [1.54, 1.807) is 12.4 Å². The van der Waals surface area contributed by atoms with Crippen molar-refractivity contribution < 1.29 is 4.79 Å². The largest absolute Gasteiger partial charge is 0.348 e. The van der Waals surface area contributed by atoms with Crippen molar-refractivity contribution in [3.05, 3.63) is 30.1 Å². The van der Waals surface area contributed by atoms with Crippen molar-refractivity contribution in [1.29, 1.82) is 0 Å².